The molecule has 0 fully saturated rings. The first-order chi connectivity index (χ1) is 9.12. The van der Waals surface area contributed by atoms with Gasteiger partial charge in [-0.1, -0.05) is 46.4 Å². The zero-order valence-corrected chi connectivity index (χ0v) is 14.1. The van der Waals surface area contributed by atoms with Crippen molar-refractivity contribution in [3.05, 3.63) is 24.3 Å². The van der Waals surface area contributed by atoms with Gasteiger partial charge in [-0.15, -0.1) is 0 Å². The van der Waals surface area contributed by atoms with Crippen LogP contribution in [0.4, 0.5) is 0 Å². The van der Waals surface area contributed by atoms with Crippen molar-refractivity contribution in [2.24, 2.45) is 17.3 Å². The fourth-order valence-electron chi connectivity index (χ4n) is 2.89. The summed E-state index contributed by atoms with van der Waals surface area (Å²) in [5.41, 5.74) is 0.907. The van der Waals surface area contributed by atoms with E-state index in [1.165, 1.54) is 19.1 Å². The molecule has 0 aromatic rings. The van der Waals surface area contributed by atoms with E-state index in [0.29, 0.717) is 11.8 Å². The minimum absolute atomic E-state index is 0.0585. The Bertz CT molecular complexity index is 388. The molecule has 0 radical (unpaired) electrons. The molecule has 0 heterocycles. The van der Waals surface area contributed by atoms with E-state index in [-0.39, 0.29) is 17.0 Å². The van der Waals surface area contributed by atoms with Gasteiger partial charge >= 0.3 is 0 Å². The van der Waals surface area contributed by atoms with Gasteiger partial charge in [0.2, 0.25) is 0 Å². The molecule has 0 spiro atoms. The third kappa shape index (κ3) is 3.82. The zero-order chi connectivity index (χ0) is 15.6. The van der Waals surface area contributed by atoms with Crippen LogP contribution >= 0.6 is 0 Å². The summed E-state index contributed by atoms with van der Waals surface area (Å²) in [5, 5.41) is 11.5. The van der Waals surface area contributed by atoms with Gasteiger partial charge in [0, 0.05) is 23.2 Å². The van der Waals surface area contributed by atoms with Crippen molar-refractivity contribution < 1.29 is 0 Å². The van der Waals surface area contributed by atoms with E-state index < -0.39 is 0 Å². The summed E-state index contributed by atoms with van der Waals surface area (Å²) >= 11 is 0. The Balaban J connectivity index is 2.90. The molecule has 0 aliphatic heterocycles. The SMILES string of the molecule is C=C(C(NC(C)(C)C1C=CCC1)C(C)C)C(C)(C)C=N. The van der Waals surface area contributed by atoms with Crippen LogP contribution in [0.5, 0.6) is 0 Å². The number of rotatable bonds is 7. The molecule has 2 atom stereocenters. The summed E-state index contributed by atoms with van der Waals surface area (Å²) < 4.78 is 0. The van der Waals surface area contributed by atoms with Crippen molar-refractivity contribution in [2.75, 3.05) is 0 Å². The van der Waals surface area contributed by atoms with Crippen molar-refractivity contribution in [3.8, 4) is 0 Å². The normalized spacial score (nSPS) is 21.2. The van der Waals surface area contributed by atoms with Gasteiger partial charge in [0.15, 0.2) is 0 Å². The summed E-state index contributed by atoms with van der Waals surface area (Å²) in [7, 11) is 0. The second kappa shape index (κ2) is 6.26. The zero-order valence-electron chi connectivity index (χ0n) is 14.1. The fraction of sp³-hybridized carbons (Fsp3) is 0.722. The van der Waals surface area contributed by atoms with Gasteiger partial charge in [-0.05, 0) is 44.1 Å². The highest BCUT2D eigenvalue weighted by Crippen LogP contribution is 2.33. The third-order valence-corrected chi connectivity index (χ3v) is 4.70. The lowest BCUT2D eigenvalue weighted by molar-refractivity contribution is 0.238. The standard InChI is InChI=1S/C18H32N2/c1-13(2)16(14(3)17(4,5)12-19)20-18(6,7)15-10-8-9-11-15/h8,10,12-13,15-16,19-20H,3,9,11H2,1-2,4-7H3. The molecule has 0 amide bonds. The summed E-state index contributed by atoms with van der Waals surface area (Å²) in [6, 6.07) is 0.232. The van der Waals surface area contributed by atoms with Crippen molar-refractivity contribution >= 4 is 6.21 Å². The van der Waals surface area contributed by atoms with Crippen molar-refractivity contribution in [1.29, 1.82) is 5.41 Å². The van der Waals surface area contributed by atoms with Gasteiger partial charge in [-0.2, -0.15) is 0 Å². The molecule has 2 heteroatoms. The Morgan fingerprint density at radius 2 is 1.95 bits per heavy atom. The summed E-state index contributed by atoms with van der Waals surface area (Å²) in [4.78, 5) is 0. The molecule has 0 aromatic heterocycles. The summed E-state index contributed by atoms with van der Waals surface area (Å²) in [6.45, 7) is 17.5. The van der Waals surface area contributed by atoms with E-state index in [1.54, 1.807) is 0 Å². The van der Waals surface area contributed by atoms with Gasteiger partial charge in [0.05, 0.1) is 0 Å². The van der Waals surface area contributed by atoms with Crippen LogP contribution in [-0.2, 0) is 0 Å². The molecule has 0 aromatic carbocycles. The van der Waals surface area contributed by atoms with Gasteiger partial charge in [-0.3, -0.25) is 0 Å². The fourth-order valence-corrected chi connectivity index (χ4v) is 2.89. The summed E-state index contributed by atoms with van der Waals surface area (Å²) in [6.07, 6.45) is 8.55. The maximum atomic E-state index is 7.64. The van der Waals surface area contributed by atoms with Crippen molar-refractivity contribution in [3.63, 3.8) is 0 Å². The molecular weight excluding hydrogens is 244 g/mol. The topological polar surface area (TPSA) is 35.9 Å². The van der Waals surface area contributed by atoms with Crippen LogP contribution in [0.1, 0.15) is 54.4 Å². The highest BCUT2D eigenvalue weighted by atomic mass is 15.0. The number of allylic oxidation sites excluding steroid dienone is 1. The largest absolute Gasteiger partial charge is 0.312 e. The van der Waals surface area contributed by atoms with Gasteiger partial charge in [0.1, 0.15) is 0 Å². The molecule has 1 aliphatic carbocycles. The molecule has 114 valence electrons. The molecule has 0 bridgehead atoms. The van der Waals surface area contributed by atoms with Crippen molar-refractivity contribution in [2.45, 2.75) is 66.0 Å². The van der Waals surface area contributed by atoms with E-state index in [9.17, 15) is 0 Å². The lowest BCUT2D eigenvalue weighted by atomic mass is 9.76. The molecule has 0 saturated carbocycles. The molecule has 2 nitrogen and oxygen atoms in total. The Labute approximate surface area is 125 Å². The van der Waals surface area contributed by atoms with E-state index in [1.807, 2.05) is 0 Å². The quantitative estimate of drug-likeness (QED) is 0.518. The minimum Gasteiger partial charge on any atom is -0.312 e. The van der Waals surface area contributed by atoms with E-state index >= 15 is 0 Å². The second-order valence-electron chi connectivity index (χ2n) is 7.59. The first-order valence-electron chi connectivity index (χ1n) is 7.77. The highest BCUT2D eigenvalue weighted by molar-refractivity contribution is 5.66. The van der Waals surface area contributed by atoms with E-state index in [2.05, 4.69) is 65.6 Å². The molecule has 0 saturated heterocycles. The van der Waals surface area contributed by atoms with E-state index in [0.717, 1.165) is 5.57 Å². The molecule has 2 N–H and O–H groups in total. The van der Waals surface area contributed by atoms with Crippen LogP contribution in [0, 0.1) is 22.7 Å². The van der Waals surface area contributed by atoms with Crippen LogP contribution < -0.4 is 5.32 Å². The van der Waals surface area contributed by atoms with Crippen LogP contribution in [-0.4, -0.2) is 17.8 Å². The Morgan fingerprint density at radius 3 is 2.35 bits per heavy atom. The second-order valence-corrected chi connectivity index (χ2v) is 7.59. The maximum Gasteiger partial charge on any atom is 0.0313 e. The first-order valence-corrected chi connectivity index (χ1v) is 7.77. The summed E-state index contributed by atoms with van der Waals surface area (Å²) in [5.74, 6) is 1.05. The van der Waals surface area contributed by atoms with Gasteiger partial charge in [-0.25, -0.2) is 0 Å². The lowest BCUT2D eigenvalue weighted by Gasteiger charge is -2.41. The van der Waals surface area contributed by atoms with Crippen LogP contribution in [0.2, 0.25) is 0 Å². The van der Waals surface area contributed by atoms with E-state index in [4.69, 9.17) is 5.41 Å². The monoisotopic (exact) mass is 276 g/mol. The van der Waals surface area contributed by atoms with Gasteiger partial charge < -0.3 is 10.7 Å². The number of nitrogens with one attached hydrogen (secondary N) is 2. The van der Waals surface area contributed by atoms with Crippen LogP contribution in [0.3, 0.4) is 0 Å². The predicted molar refractivity (Wildman–Crippen MR) is 89.4 cm³/mol. The highest BCUT2D eigenvalue weighted by Gasteiger charge is 2.35. The van der Waals surface area contributed by atoms with Crippen molar-refractivity contribution in [1.82, 2.24) is 5.32 Å². The van der Waals surface area contributed by atoms with Gasteiger partial charge in [0.25, 0.3) is 0 Å². The Kier molecular flexibility index (Phi) is 5.37. The lowest BCUT2D eigenvalue weighted by Crippen LogP contribution is -2.54. The first kappa shape index (κ1) is 17.2. The smallest absolute Gasteiger partial charge is 0.0313 e. The maximum absolute atomic E-state index is 7.64. The Morgan fingerprint density at radius 1 is 1.35 bits per heavy atom. The van der Waals surface area contributed by atoms with Crippen LogP contribution in [0.15, 0.2) is 24.3 Å². The average molecular weight is 276 g/mol. The van der Waals surface area contributed by atoms with Crippen LogP contribution in [0.25, 0.3) is 0 Å². The molecule has 1 rings (SSSR count). The minimum atomic E-state index is -0.260. The number of hydrogen-bond acceptors (Lipinski definition) is 2. The molecule has 20 heavy (non-hydrogen) atoms. The molecule has 1 aliphatic rings. The predicted octanol–water partition coefficient (Wildman–Crippen LogP) is 4.58. The Hall–Kier alpha value is -0.890. The molecule has 2 unspecified atom stereocenters. The average Bonchev–Trinajstić information content (AvgIpc) is 2.89. The number of hydrogen-bond donors (Lipinski definition) is 2. The third-order valence-electron chi connectivity index (χ3n) is 4.70. The molecular formula is C18H32N2.